The summed E-state index contributed by atoms with van der Waals surface area (Å²) in [5.74, 6) is 1.15. The molecule has 2 atom stereocenters. The first-order valence-electron chi connectivity index (χ1n) is 13.4. The molecule has 2 N–H and O–H groups in total. The zero-order valence-electron chi connectivity index (χ0n) is 21.8. The van der Waals surface area contributed by atoms with Gasteiger partial charge in [0.1, 0.15) is 35.2 Å². The summed E-state index contributed by atoms with van der Waals surface area (Å²) in [7, 11) is 2.11. The van der Waals surface area contributed by atoms with Crippen molar-refractivity contribution in [2.24, 2.45) is 5.92 Å². The third-order valence-electron chi connectivity index (χ3n) is 7.68. The molecule has 0 spiro atoms. The maximum Gasteiger partial charge on any atom is 0.164 e. The largest absolute Gasteiger partial charge is 0.457 e. The van der Waals surface area contributed by atoms with Crippen LogP contribution in [0.2, 0.25) is 0 Å². The van der Waals surface area contributed by atoms with Crippen molar-refractivity contribution in [1.82, 2.24) is 24.6 Å². The molecular formula is C30H31FN6O2. The van der Waals surface area contributed by atoms with E-state index in [1.165, 1.54) is 31.3 Å². The number of nitrogens with zero attached hydrogens (tertiary/aromatic N) is 5. The number of ether oxygens (including phenoxy) is 1. The van der Waals surface area contributed by atoms with Crippen molar-refractivity contribution in [3.05, 3.63) is 72.8 Å². The van der Waals surface area contributed by atoms with Crippen molar-refractivity contribution < 1.29 is 13.9 Å². The fraction of sp³-hybridized carbons (Fsp3) is 0.333. The normalized spacial score (nSPS) is 19.4. The van der Waals surface area contributed by atoms with Gasteiger partial charge in [-0.15, -0.1) is 0 Å². The average molecular weight is 527 g/mol. The zero-order chi connectivity index (χ0) is 26.9. The van der Waals surface area contributed by atoms with Crippen molar-refractivity contribution in [3.63, 3.8) is 0 Å². The van der Waals surface area contributed by atoms with Gasteiger partial charge in [-0.05, 0) is 81.6 Å². The number of benzene rings is 2. The third-order valence-corrected chi connectivity index (χ3v) is 7.68. The zero-order valence-corrected chi connectivity index (χ0v) is 21.8. The van der Waals surface area contributed by atoms with Gasteiger partial charge in [0.25, 0.3) is 0 Å². The first kappa shape index (κ1) is 25.2. The lowest BCUT2D eigenvalue weighted by molar-refractivity contribution is -0.118. The number of carbonyl (C=O) groups is 1. The van der Waals surface area contributed by atoms with Gasteiger partial charge in [-0.2, -0.15) is 5.10 Å². The standard InChI is InChI=1S/C30H31FN6O2/c1-36(22-11-12-22)15-3-6-26(38)20-7-10-23(16-20)37-30-27(29(32)33-18-34-30)28(35-37)19-8-13-24(14-9-19)39-25-5-2-4-21(31)17-25/h2-6,8-9,13-14,17-18,20,22-23H,7,10-12,15-16H2,1H3,(H2,32,33,34)/b6-3+/t20?,23-/m1/s1. The Bertz CT molecular complexity index is 1530. The van der Waals surface area contributed by atoms with Gasteiger partial charge < -0.3 is 10.5 Å². The third kappa shape index (κ3) is 5.40. The Morgan fingerprint density at radius 2 is 1.95 bits per heavy atom. The number of carbonyl (C=O) groups excluding carboxylic acids is 1. The molecule has 2 aromatic heterocycles. The van der Waals surface area contributed by atoms with Crippen molar-refractivity contribution >= 4 is 22.6 Å². The molecule has 8 nitrogen and oxygen atoms in total. The van der Waals surface area contributed by atoms with Gasteiger partial charge in [0.2, 0.25) is 0 Å². The van der Waals surface area contributed by atoms with E-state index >= 15 is 0 Å². The van der Waals surface area contributed by atoms with Gasteiger partial charge in [-0.25, -0.2) is 19.0 Å². The quantitative estimate of drug-likeness (QED) is 0.285. The molecule has 9 heteroatoms. The molecule has 0 aliphatic heterocycles. The van der Waals surface area contributed by atoms with E-state index in [0.717, 1.165) is 24.9 Å². The number of likely N-dealkylation sites (N-methyl/N-ethyl adjacent to an activating group) is 1. The predicted octanol–water partition coefficient (Wildman–Crippen LogP) is 5.57. The Balaban J connectivity index is 1.21. The van der Waals surface area contributed by atoms with Crippen LogP contribution in [0.15, 0.2) is 67.0 Å². The summed E-state index contributed by atoms with van der Waals surface area (Å²) in [6, 6.07) is 14.1. The van der Waals surface area contributed by atoms with Crippen LogP contribution in [-0.2, 0) is 4.79 Å². The predicted molar refractivity (Wildman–Crippen MR) is 148 cm³/mol. The summed E-state index contributed by atoms with van der Waals surface area (Å²) in [6.45, 7) is 0.808. The molecule has 1 unspecified atom stereocenters. The number of ketones is 1. The van der Waals surface area contributed by atoms with Gasteiger partial charge in [0, 0.05) is 30.1 Å². The van der Waals surface area contributed by atoms with E-state index in [1.807, 2.05) is 35.0 Å². The molecule has 2 heterocycles. The lowest BCUT2D eigenvalue weighted by Crippen LogP contribution is -2.20. The highest BCUT2D eigenvalue weighted by Gasteiger charge is 2.32. The van der Waals surface area contributed by atoms with E-state index in [1.54, 1.807) is 18.2 Å². The molecular weight excluding hydrogens is 495 g/mol. The first-order chi connectivity index (χ1) is 19.0. The Kier molecular flexibility index (Phi) is 6.83. The van der Waals surface area contributed by atoms with Gasteiger partial charge in [-0.1, -0.05) is 12.1 Å². The van der Waals surface area contributed by atoms with Crippen molar-refractivity contribution in [3.8, 4) is 22.8 Å². The van der Waals surface area contributed by atoms with E-state index in [9.17, 15) is 9.18 Å². The first-order valence-corrected chi connectivity index (χ1v) is 13.4. The molecule has 2 aliphatic rings. The van der Waals surface area contributed by atoms with Crippen molar-refractivity contribution in [1.29, 1.82) is 0 Å². The van der Waals surface area contributed by atoms with Crippen LogP contribution in [0.3, 0.4) is 0 Å². The summed E-state index contributed by atoms with van der Waals surface area (Å²) >= 11 is 0. The van der Waals surface area contributed by atoms with E-state index < -0.39 is 0 Å². The lowest BCUT2D eigenvalue weighted by Gasteiger charge is -2.13. The number of nitrogen functional groups attached to an aromatic ring is 1. The minimum absolute atomic E-state index is 0.0291. The minimum atomic E-state index is -0.357. The molecule has 39 heavy (non-hydrogen) atoms. The number of hydrogen-bond acceptors (Lipinski definition) is 7. The summed E-state index contributed by atoms with van der Waals surface area (Å²) in [4.78, 5) is 23.9. The fourth-order valence-corrected chi connectivity index (χ4v) is 5.37. The molecule has 200 valence electrons. The smallest absolute Gasteiger partial charge is 0.164 e. The SMILES string of the molecule is CN(C/C=C/C(=O)C1CC[C@@H](n2nc(-c3ccc(Oc4cccc(F)c4)cc3)c3c(N)ncnc32)C1)C1CC1. The Morgan fingerprint density at radius 3 is 2.72 bits per heavy atom. The molecule has 4 aromatic rings. The highest BCUT2D eigenvalue weighted by molar-refractivity contribution is 5.98. The molecule has 6 rings (SSSR count). The van der Waals surface area contributed by atoms with E-state index in [0.29, 0.717) is 46.5 Å². The topological polar surface area (TPSA) is 99.2 Å². The van der Waals surface area contributed by atoms with Crippen LogP contribution in [0.1, 0.15) is 38.1 Å². The van der Waals surface area contributed by atoms with Crippen LogP contribution in [0, 0.1) is 11.7 Å². The molecule has 2 aliphatic carbocycles. The number of fused-ring (bicyclic) bond motifs is 1. The molecule has 0 radical (unpaired) electrons. The minimum Gasteiger partial charge on any atom is -0.457 e. The van der Waals surface area contributed by atoms with Crippen LogP contribution in [0.4, 0.5) is 10.2 Å². The lowest BCUT2D eigenvalue weighted by atomic mass is 10.0. The molecule has 2 fully saturated rings. The average Bonchev–Trinajstić information content (AvgIpc) is 3.54. The second kappa shape index (κ2) is 10.6. The van der Waals surface area contributed by atoms with Gasteiger partial charge >= 0.3 is 0 Å². The highest BCUT2D eigenvalue weighted by Crippen LogP contribution is 2.40. The summed E-state index contributed by atoms with van der Waals surface area (Å²) in [6.07, 6.45) is 10.1. The Labute approximate surface area is 226 Å². The number of aromatic nitrogens is 4. The number of hydrogen-bond donors (Lipinski definition) is 1. The van der Waals surface area contributed by atoms with Crippen LogP contribution in [0.5, 0.6) is 11.5 Å². The monoisotopic (exact) mass is 526 g/mol. The second-order valence-corrected chi connectivity index (χ2v) is 10.5. The van der Waals surface area contributed by atoms with Crippen LogP contribution >= 0.6 is 0 Å². The number of allylic oxidation sites excluding steroid dienone is 1. The van der Waals surface area contributed by atoms with Gasteiger partial charge in [0.05, 0.1) is 11.4 Å². The maximum atomic E-state index is 13.5. The fourth-order valence-electron chi connectivity index (χ4n) is 5.37. The summed E-state index contributed by atoms with van der Waals surface area (Å²) in [5, 5.41) is 5.63. The molecule has 0 bridgehead atoms. The molecule has 2 aromatic carbocycles. The van der Waals surface area contributed by atoms with E-state index in [4.69, 9.17) is 15.6 Å². The second-order valence-electron chi connectivity index (χ2n) is 10.5. The highest BCUT2D eigenvalue weighted by atomic mass is 19.1. The molecule has 0 amide bonds. The molecule has 2 saturated carbocycles. The van der Waals surface area contributed by atoms with Crippen LogP contribution in [0.25, 0.3) is 22.3 Å². The van der Waals surface area contributed by atoms with Crippen molar-refractivity contribution in [2.75, 3.05) is 19.3 Å². The number of rotatable bonds is 9. The Morgan fingerprint density at radius 1 is 1.13 bits per heavy atom. The van der Waals surface area contributed by atoms with Gasteiger partial charge in [-0.3, -0.25) is 9.69 Å². The Hall–Kier alpha value is -4.11. The van der Waals surface area contributed by atoms with E-state index in [2.05, 4.69) is 21.9 Å². The van der Waals surface area contributed by atoms with Gasteiger partial charge in [0.15, 0.2) is 11.4 Å². The van der Waals surface area contributed by atoms with Crippen LogP contribution in [-0.4, -0.2) is 50.1 Å². The van der Waals surface area contributed by atoms with Crippen LogP contribution < -0.4 is 10.5 Å². The number of anilines is 1. The van der Waals surface area contributed by atoms with E-state index in [-0.39, 0.29) is 23.6 Å². The van der Waals surface area contributed by atoms with Crippen molar-refractivity contribution in [2.45, 2.75) is 44.2 Å². The summed E-state index contributed by atoms with van der Waals surface area (Å²) in [5.41, 5.74) is 8.48. The maximum absolute atomic E-state index is 13.5. The summed E-state index contributed by atoms with van der Waals surface area (Å²) < 4.78 is 21.2. The number of nitrogens with two attached hydrogens (primary N) is 1. The molecule has 0 saturated heterocycles. The number of halogens is 1.